The monoisotopic (exact) mass is 432 g/mol. The van der Waals surface area contributed by atoms with Gasteiger partial charge in [0.1, 0.15) is 11.5 Å². The van der Waals surface area contributed by atoms with Gasteiger partial charge in [-0.05, 0) is 74.2 Å². The number of hydrogen-bond donors (Lipinski definition) is 0. The van der Waals surface area contributed by atoms with E-state index in [4.69, 9.17) is 8.83 Å². The number of furan rings is 2. The molecule has 0 N–H and O–H groups in total. The minimum Gasteiger partial charge on any atom is -0.467 e. The molecule has 0 atom stereocenters. The van der Waals surface area contributed by atoms with Crippen LogP contribution in [-0.2, 0) is 13.1 Å². The minimum absolute atomic E-state index is 0.595. The molecular formula is C28H36N2O2. The van der Waals surface area contributed by atoms with Crippen LogP contribution in [0.2, 0.25) is 0 Å². The molecule has 2 fully saturated rings. The number of nitrogens with zero attached hydrogens (tertiary/aromatic N) is 2. The maximum atomic E-state index is 5.72. The van der Waals surface area contributed by atoms with Crippen LogP contribution in [0.1, 0.15) is 75.7 Å². The van der Waals surface area contributed by atoms with Gasteiger partial charge in [-0.2, -0.15) is 0 Å². The van der Waals surface area contributed by atoms with E-state index < -0.39 is 0 Å². The van der Waals surface area contributed by atoms with Crippen LogP contribution in [0.3, 0.4) is 0 Å². The van der Waals surface area contributed by atoms with Crippen molar-refractivity contribution in [2.75, 3.05) is 9.80 Å². The van der Waals surface area contributed by atoms with Gasteiger partial charge in [-0.15, -0.1) is 0 Å². The Hall–Kier alpha value is -2.62. The molecule has 2 aliphatic rings. The van der Waals surface area contributed by atoms with E-state index in [1.807, 2.05) is 12.1 Å². The van der Waals surface area contributed by atoms with Crippen LogP contribution in [0.4, 0.5) is 11.4 Å². The predicted molar refractivity (Wildman–Crippen MR) is 130 cm³/mol. The molecule has 32 heavy (non-hydrogen) atoms. The van der Waals surface area contributed by atoms with E-state index in [1.165, 1.54) is 75.6 Å². The number of rotatable bonds is 8. The average molecular weight is 433 g/mol. The fourth-order valence-electron chi connectivity index (χ4n) is 5.62. The first-order valence-corrected chi connectivity index (χ1v) is 12.5. The molecule has 2 saturated carbocycles. The lowest BCUT2D eigenvalue weighted by Crippen LogP contribution is -2.37. The molecule has 2 aromatic heterocycles. The summed E-state index contributed by atoms with van der Waals surface area (Å²) in [5.74, 6) is 2.09. The second-order valence-corrected chi connectivity index (χ2v) is 9.51. The van der Waals surface area contributed by atoms with Gasteiger partial charge in [-0.1, -0.05) is 38.5 Å². The van der Waals surface area contributed by atoms with Crippen LogP contribution in [0.5, 0.6) is 0 Å². The third kappa shape index (κ3) is 5.06. The summed E-state index contributed by atoms with van der Waals surface area (Å²) in [6.07, 6.45) is 16.7. The standard InChI is InChI=1S/C28H36N2O2/c1-3-9-23(10-4-1)29(21-27-13-7-19-31-27)25-15-17-26(18-16-25)30(22-28-14-8-20-32-28)24-11-5-2-6-12-24/h7-8,13-20,23-24H,1-6,9-12,21-22H2. The first kappa shape index (κ1) is 21.2. The lowest BCUT2D eigenvalue weighted by Gasteiger charge is -2.37. The van der Waals surface area contributed by atoms with Crippen LogP contribution in [0.25, 0.3) is 0 Å². The highest BCUT2D eigenvalue weighted by molar-refractivity contribution is 5.57. The zero-order valence-electron chi connectivity index (χ0n) is 19.1. The predicted octanol–water partition coefficient (Wildman–Crippen LogP) is 7.55. The molecule has 0 spiro atoms. The Labute approximate surface area is 192 Å². The molecule has 3 aromatic rings. The van der Waals surface area contributed by atoms with Crippen molar-refractivity contribution in [2.45, 2.75) is 89.4 Å². The third-order valence-electron chi connectivity index (χ3n) is 7.36. The summed E-state index contributed by atoms with van der Waals surface area (Å²) in [5.41, 5.74) is 2.61. The van der Waals surface area contributed by atoms with Gasteiger partial charge in [0.2, 0.25) is 0 Å². The molecule has 0 radical (unpaired) electrons. The summed E-state index contributed by atoms with van der Waals surface area (Å²) in [6.45, 7) is 1.69. The molecule has 5 rings (SSSR count). The van der Waals surface area contributed by atoms with Gasteiger partial charge in [0, 0.05) is 23.5 Å². The highest BCUT2D eigenvalue weighted by Gasteiger charge is 2.25. The fraction of sp³-hybridized carbons (Fsp3) is 0.500. The Morgan fingerprint density at radius 3 is 1.31 bits per heavy atom. The first-order valence-electron chi connectivity index (χ1n) is 12.5. The third-order valence-corrected chi connectivity index (χ3v) is 7.36. The quantitative estimate of drug-likeness (QED) is 0.368. The minimum atomic E-state index is 0.595. The van der Waals surface area contributed by atoms with Crippen molar-refractivity contribution in [3.05, 3.63) is 72.6 Å². The Bertz CT molecular complexity index is 828. The van der Waals surface area contributed by atoms with Crippen molar-refractivity contribution in [3.63, 3.8) is 0 Å². The second-order valence-electron chi connectivity index (χ2n) is 9.51. The lowest BCUT2D eigenvalue weighted by molar-refractivity contribution is 0.397. The summed E-state index contributed by atoms with van der Waals surface area (Å²) < 4.78 is 11.4. The van der Waals surface area contributed by atoms with Crippen molar-refractivity contribution in [3.8, 4) is 0 Å². The molecule has 0 unspecified atom stereocenters. The molecule has 0 saturated heterocycles. The smallest absolute Gasteiger partial charge is 0.123 e. The van der Waals surface area contributed by atoms with E-state index >= 15 is 0 Å². The Morgan fingerprint density at radius 1 is 0.562 bits per heavy atom. The van der Waals surface area contributed by atoms with Gasteiger partial charge in [-0.3, -0.25) is 0 Å². The Balaban J connectivity index is 1.38. The molecule has 4 nitrogen and oxygen atoms in total. The van der Waals surface area contributed by atoms with Crippen molar-refractivity contribution >= 4 is 11.4 Å². The topological polar surface area (TPSA) is 32.8 Å². The average Bonchev–Trinajstić information content (AvgIpc) is 3.57. The molecule has 170 valence electrons. The van der Waals surface area contributed by atoms with Gasteiger partial charge in [-0.25, -0.2) is 0 Å². The van der Waals surface area contributed by atoms with E-state index in [-0.39, 0.29) is 0 Å². The lowest BCUT2D eigenvalue weighted by atomic mass is 9.93. The maximum Gasteiger partial charge on any atom is 0.123 e. The van der Waals surface area contributed by atoms with E-state index in [9.17, 15) is 0 Å². The highest BCUT2D eigenvalue weighted by Crippen LogP contribution is 2.33. The molecular weight excluding hydrogens is 396 g/mol. The summed E-state index contributed by atoms with van der Waals surface area (Å²) >= 11 is 0. The van der Waals surface area contributed by atoms with Crippen LogP contribution in [-0.4, -0.2) is 12.1 Å². The molecule has 4 heteroatoms. The fourth-order valence-corrected chi connectivity index (χ4v) is 5.62. The van der Waals surface area contributed by atoms with Crippen molar-refractivity contribution < 1.29 is 8.83 Å². The Kier molecular flexibility index (Phi) is 6.86. The van der Waals surface area contributed by atoms with Gasteiger partial charge in [0.05, 0.1) is 25.6 Å². The maximum absolute atomic E-state index is 5.72. The van der Waals surface area contributed by atoms with Gasteiger partial charge >= 0.3 is 0 Å². The largest absolute Gasteiger partial charge is 0.467 e. The number of benzene rings is 1. The zero-order chi connectivity index (χ0) is 21.6. The molecule has 0 bridgehead atoms. The molecule has 1 aromatic carbocycles. The van der Waals surface area contributed by atoms with Crippen molar-refractivity contribution in [1.82, 2.24) is 0 Å². The zero-order valence-corrected chi connectivity index (χ0v) is 19.1. The van der Waals surface area contributed by atoms with Gasteiger partial charge < -0.3 is 18.6 Å². The van der Waals surface area contributed by atoms with Crippen LogP contribution < -0.4 is 9.80 Å². The molecule has 2 heterocycles. The summed E-state index contributed by atoms with van der Waals surface area (Å²) in [6, 6.07) is 18.7. The Morgan fingerprint density at radius 2 is 0.969 bits per heavy atom. The molecule has 0 aliphatic heterocycles. The summed E-state index contributed by atoms with van der Waals surface area (Å²) in [5, 5.41) is 0. The van der Waals surface area contributed by atoms with Gasteiger partial charge in [0.25, 0.3) is 0 Å². The highest BCUT2D eigenvalue weighted by atomic mass is 16.3. The van der Waals surface area contributed by atoms with E-state index in [2.05, 4.69) is 46.2 Å². The van der Waals surface area contributed by atoms with Crippen LogP contribution in [0.15, 0.2) is 69.9 Å². The number of hydrogen-bond acceptors (Lipinski definition) is 4. The summed E-state index contributed by atoms with van der Waals surface area (Å²) in [4.78, 5) is 5.14. The first-order chi connectivity index (χ1) is 15.9. The van der Waals surface area contributed by atoms with E-state index in [0.717, 1.165) is 24.6 Å². The van der Waals surface area contributed by atoms with E-state index in [0.29, 0.717) is 12.1 Å². The van der Waals surface area contributed by atoms with Crippen LogP contribution in [0, 0.1) is 0 Å². The van der Waals surface area contributed by atoms with Gasteiger partial charge in [0.15, 0.2) is 0 Å². The van der Waals surface area contributed by atoms with E-state index in [1.54, 1.807) is 12.5 Å². The number of anilines is 2. The van der Waals surface area contributed by atoms with Crippen molar-refractivity contribution in [1.29, 1.82) is 0 Å². The van der Waals surface area contributed by atoms with Crippen LogP contribution >= 0.6 is 0 Å². The SMILES string of the molecule is c1coc(CN(c2ccc(N(Cc3ccco3)C3CCCCC3)cc2)C2CCCCC2)c1. The molecule has 0 amide bonds. The molecule has 2 aliphatic carbocycles. The normalized spacial score (nSPS) is 18.0. The second kappa shape index (κ2) is 10.3. The summed E-state index contributed by atoms with van der Waals surface area (Å²) in [7, 11) is 0. The van der Waals surface area contributed by atoms with Crippen molar-refractivity contribution in [2.24, 2.45) is 0 Å².